The Kier molecular flexibility index (Phi) is 10.5. The van der Waals surface area contributed by atoms with Gasteiger partial charge in [-0.05, 0) is 19.3 Å². The van der Waals surface area contributed by atoms with E-state index in [0.29, 0.717) is 0 Å². The SMILES string of the molecule is C=CCCCCCCC[CH]CC. The predicted molar refractivity (Wildman–Crippen MR) is 57.1 cm³/mol. The maximum absolute atomic E-state index is 3.71. The zero-order chi connectivity index (χ0) is 9.07. The summed E-state index contributed by atoms with van der Waals surface area (Å²) in [6.07, 6.45) is 15.1. The van der Waals surface area contributed by atoms with Crippen molar-refractivity contribution in [2.45, 2.75) is 58.3 Å². The Morgan fingerprint density at radius 1 is 0.917 bits per heavy atom. The van der Waals surface area contributed by atoms with E-state index in [-0.39, 0.29) is 0 Å². The number of allylic oxidation sites excluding steroid dienone is 1. The van der Waals surface area contributed by atoms with Gasteiger partial charge in [-0.3, -0.25) is 0 Å². The van der Waals surface area contributed by atoms with E-state index in [1.807, 2.05) is 6.08 Å². The van der Waals surface area contributed by atoms with E-state index in [0.717, 1.165) is 0 Å². The van der Waals surface area contributed by atoms with Crippen LogP contribution >= 0.6 is 0 Å². The van der Waals surface area contributed by atoms with Crippen molar-refractivity contribution in [3.05, 3.63) is 19.1 Å². The van der Waals surface area contributed by atoms with E-state index in [2.05, 4.69) is 19.9 Å². The molecule has 0 bridgehead atoms. The van der Waals surface area contributed by atoms with Crippen molar-refractivity contribution in [1.29, 1.82) is 0 Å². The summed E-state index contributed by atoms with van der Waals surface area (Å²) in [5.74, 6) is 0. The van der Waals surface area contributed by atoms with Gasteiger partial charge in [0.15, 0.2) is 0 Å². The number of unbranched alkanes of at least 4 members (excludes halogenated alkanes) is 8. The Bertz CT molecular complexity index is 84.0. The molecule has 0 nitrogen and oxygen atoms in total. The molecule has 71 valence electrons. The van der Waals surface area contributed by atoms with Crippen LogP contribution in [0.2, 0.25) is 0 Å². The number of rotatable bonds is 9. The molecular weight excluding hydrogens is 144 g/mol. The second-order valence-electron chi connectivity index (χ2n) is 3.33. The van der Waals surface area contributed by atoms with Gasteiger partial charge in [-0.15, -0.1) is 6.58 Å². The van der Waals surface area contributed by atoms with Crippen LogP contribution in [0.25, 0.3) is 0 Å². The quantitative estimate of drug-likeness (QED) is 0.350. The van der Waals surface area contributed by atoms with E-state index >= 15 is 0 Å². The first-order valence-electron chi connectivity index (χ1n) is 5.34. The molecule has 0 saturated carbocycles. The summed E-state index contributed by atoms with van der Waals surface area (Å²) in [6, 6.07) is 0. The Labute approximate surface area is 78.1 Å². The summed E-state index contributed by atoms with van der Waals surface area (Å²) in [5, 5.41) is 0. The Hall–Kier alpha value is -0.260. The van der Waals surface area contributed by atoms with Crippen molar-refractivity contribution < 1.29 is 0 Å². The van der Waals surface area contributed by atoms with Gasteiger partial charge in [-0.25, -0.2) is 0 Å². The van der Waals surface area contributed by atoms with Gasteiger partial charge in [-0.1, -0.05) is 51.5 Å². The van der Waals surface area contributed by atoms with Crippen LogP contribution in [0, 0.1) is 6.42 Å². The molecule has 0 unspecified atom stereocenters. The van der Waals surface area contributed by atoms with Crippen LogP contribution in [0.15, 0.2) is 12.7 Å². The molecule has 0 amide bonds. The highest BCUT2D eigenvalue weighted by Crippen LogP contribution is 2.08. The standard InChI is InChI=1S/C12H23/c1-3-5-7-9-11-12-10-8-6-4-2/h3,6H,1,4-5,7-12H2,2H3. The Morgan fingerprint density at radius 3 is 2.08 bits per heavy atom. The van der Waals surface area contributed by atoms with Gasteiger partial charge < -0.3 is 0 Å². The van der Waals surface area contributed by atoms with Gasteiger partial charge in [0.05, 0.1) is 0 Å². The van der Waals surface area contributed by atoms with Crippen LogP contribution in [0.3, 0.4) is 0 Å². The smallest absolute Gasteiger partial charge is 0.0353 e. The van der Waals surface area contributed by atoms with Gasteiger partial charge in [0.2, 0.25) is 0 Å². The molecular formula is C12H23. The number of hydrogen-bond acceptors (Lipinski definition) is 0. The normalized spacial score (nSPS) is 10.1. The molecule has 0 heteroatoms. The lowest BCUT2D eigenvalue weighted by Crippen LogP contribution is -1.80. The third kappa shape index (κ3) is 9.74. The topological polar surface area (TPSA) is 0 Å². The van der Waals surface area contributed by atoms with Gasteiger partial charge in [0, 0.05) is 0 Å². The van der Waals surface area contributed by atoms with Crippen molar-refractivity contribution in [2.75, 3.05) is 0 Å². The van der Waals surface area contributed by atoms with Crippen molar-refractivity contribution in [1.82, 2.24) is 0 Å². The van der Waals surface area contributed by atoms with Crippen LogP contribution in [0.1, 0.15) is 58.3 Å². The van der Waals surface area contributed by atoms with Crippen LogP contribution in [-0.4, -0.2) is 0 Å². The maximum Gasteiger partial charge on any atom is -0.0353 e. The third-order valence-electron chi connectivity index (χ3n) is 2.11. The van der Waals surface area contributed by atoms with Crippen molar-refractivity contribution >= 4 is 0 Å². The highest BCUT2D eigenvalue weighted by molar-refractivity contribution is 4.65. The molecule has 1 radical (unpaired) electrons. The van der Waals surface area contributed by atoms with Gasteiger partial charge >= 0.3 is 0 Å². The molecule has 0 fully saturated rings. The molecule has 0 aliphatic heterocycles. The second kappa shape index (κ2) is 10.7. The molecule has 0 aromatic heterocycles. The maximum atomic E-state index is 3.71. The number of hydrogen-bond donors (Lipinski definition) is 0. The van der Waals surface area contributed by atoms with Gasteiger partial charge in [0.25, 0.3) is 0 Å². The van der Waals surface area contributed by atoms with E-state index in [9.17, 15) is 0 Å². The summed E-state index contributed by atoms with van der Waals surface area (Å²) < 4.78 is 0. The van der Waals surface area contributed by atoms with E-state index < -0.39 is 0 Å². The van der Waals surface area contributed by atoms with Crippen LogP contribution in [0.5, 0.6) is 0 Å². The molecule has 0 atom stereocenters. The summed E-state index contributed by atoms with van der Waals surface area (Å²) in [6.45, 7) is 5.93. The average molecular weight is 167 g/mol. The molecule has 12 heavy (non-hydrogen) atoms. The first kappa shape index (κ1) is 11.7. The zero-order valence-corrected chi connectivity index (χ0v) is 8.52. The molecule has 0 aliphatic rings. The highest BCUT2D eigenvalue weighted by atomic mass is 14.0. The fourth-order valence-corrected chi connectivity index (χ4v) is 1.31. The lowest BCUT2D eigenvalue weighted by molar-refractivity contribution is 0.611. The molecule has 0 rings (SSSR count). The molecule has 0 heterocycles. The second-order valence-corrected chi connectivity index (χ2v) is 3.33. The van der Waals surface area contributed by atoms with E-state index in [1.54, 1.807) is 0 Å². The predicted octanol–water partition coefficient (Wildman–Crippen LogP) is 4.52. The van der Waals surface area contributed by atoms with Gasteiger partial charge in [0.1, 0.15) is 0 Å². The minimum atomic E-state index is 1.20. The summed E-state index contributed by atoms with van der Waals surface area (Å²) in [7, 11) is 0. The zero-order valence-electron chi connectivity index (χ0n) is 8.52. The lowest BCUT2D eigenvalue weighted by Gasteiger charge is -1.99. The van der Waals surface area contributed by atoms with Crippen molar-refractivity contribution in [3.63, 3.8) is 0 Å². The molecule has 0 saturated heterocycles. The summed E-state index contributed by atoms with van der Waals surface area (Å²) >= 11 is 0. The Morgan fingerprint density at radius 2 is 1.50 bits per heavy atom. The summed E-state index contributed by atoms with van der Waals surface area (Å²) in [5.41, 5.74) is 0. The molecule has 0 spiro atoms. The first-order chi connectivity index (χ1) is 5.91. The third-order valence-corrected chi connectivity index (χ3v) is 2.11. The average Bonchev–Trinajstić information content (AvgIpc) is 2.10. The highest BCUT2D eigenvalue weighted by Gasteiger charge is 1.89. The molecule has 0 aromatic rings. The van der Waals surface area contributed by atoms with Crippen LogP contribution in [-0.2, 0) is 0 Å². The van der Waals surface area contributed by atoms with Crippen LogP contribution < -0.4 is 0 Å². The van der Waals surface area contributed by atoms with Crippen LogP contribution in [0.4, 0.5) is 0 Å². The molecule has 0 N–H and O–H groups in total. The van der Waals surface area contributed by atoms with Crippen molar-refractivity contribution in [3.8, 4) is 0 Å². The fraction of sp³-hybridized carbons (Fsp3) is 0.750. The Balaban J connectivity index is 2.77. The summed E-state index contributed by atoms with van der Waals surface area (Å²) in [4.78, 5) is 0. The van der Waals surface area contributed by atoms with E-state index in [1.165, 1.54) is 51.4 Å². The van der Waals surface area contributed by atoms with Gasteiger partial charge in [-0.2, -0.15) is 0 Å². The lowest BCUT2D eigenvalue weighted by atomic mass is 10.1. The monoisotopic (exact) mass is 167 g/mol. The minimum absolute atomic E-state index is 1.20. The first-order valence-corrected chi connectivity index (χ1v) is 5.34. The fourth-order valence-electron chi connectivity index (χ4n) is 1.31. The van der Waals surface area contributed by atoms with Crippen molar-refractivity contribution in [2.24, 2.45) is 0 Å². The molecule has 0 aromatic carbocycles. The molecule has 0 aliphatic carbocycles. The largest absolute Gasteiger partial charge is 0.103 e. The minimum Gasteiger partial charge on any atom is -0.103 e. The van der Waals surface area contributed by atoms with E-state index in [4.69, 9.17) is 0 Å².